The number of nitrogens with one attached hydrogen (secondary N) is 3. The normalized spacial score (nSPS) is 15.7. The highest BCUT2D eigenvalue weighted by Crippen LogP contribution is 2.29. The molecule has 0 bridgehead atoms. The zero-order valence-corrected chi connectivity index (χ0v) is 18.7. The number of aromatic nitrogens is 4. The Morgan fingerprint density at radius 2 is 1.97 bits per heavy atom. The van der Waals surface area contributed by atoms with Crippen LogP contribution in [0.15, 0.2) is 47.4 Å². The molecule has 2 aromatic carbocycles. The lowest BCUT2D eigenvalue weighted by Crippen LogP contribution is -2.28. The number of hydrogen-bond donors (Lipinski definition) is 3. The Morgan fingerprint density at radius 3 is 2.69 bits per heavy atom. The summed E-state index contributed by atoms with van der Waals surface area (Å²) in [6.07, 6.45) is 6.35. The van der Waals surface area contributed by atoms with Crippen molar-refractivity contribution in [3.63, 3.8) is 0 Å². The van der Waals surface area contributed by atoms with Gasteiger partial charge in [-0.25, -0.2) is 17.9 Å². The Labute approximate surface area is 187 Å². The van der Waals surface area contributed by atoms with E-state index in [4.69, 9.17) is 0 Å². The highest BCUT2D eigenvalue weighted by molar-refractivity contribution is 7.92. The molecule has 1 heterocycles. The minimum absolute atomic E-state index is 0.0924. The molecule has 32 heavy (non-hydrogen) atoms. The van der Waals surface area contributed by atoms with Crippen LogP contribution in [-0.4, -0.2) is 35.1 Å². The first kappa shape index (κ1) is 22.3. The van der Waals surface area contributed by atoms with Crippen molar-refractivity contribution < 1.29 is 12.8 Å². The third-order valence-electron chi connectivity index (χ3n) is 5.92. The van der Waals surface area contributed by atoms with Crippen molar-refractivity contribution in [2.75, 3.05) is 4.72 Å². The Kier molecular flexibility index (Phi) is 6.80. The number of hydrogen-bond acceptors (Lipinski definition) is 6. The Bertz CT molecular complexity index is 1150. The Morgan fingerprint density at radius 1 is 1.19 bits per heavy atom. The van der Waals surface area contributed by atoms with Crippen molar-refractivity contribution in [2.24, 2.45) is 5.92 Å². The molecule has 0 saturated heterocycles. The fourth-order valence-corrected chi connectivity index (χ4v) is 5.33. The predicted molar refractivity (Wildman–Crippen MR) is 120 cm³/mol. The molecule has 1 aliphatic carbocycles. The molecule has 1 fully saturated rings. The van der Waals surface area contributed by atoms with Crippen molar-refractivity contribution in [1.29, 1.82) is 0 Å². The number of aromatic amines is 1. The molecule has 10 heteroatoms. The van der Waals surface area contributed by atoms with Crippen LogP contribution in [0.1, 0.15) is 44.6 Å². The number of tetrazole rings is 1. The van der Waals surface area contributed by atoms with Gasteiger partial charge in [0.2, 0.25) is 0 Å². The van der Waals surface area contributed by atoms with Crippen molar-refractivity contribution in [3.05, 3.63) is 53.8 Å². The van der Waals surface area contributed by atoms with Crippen molar-refractivity contribution in [1.82, 2.24) is 25.9 Å². The molecule has 3 N–H and O–H groups in total. The second-order valence-electron chi connectivity index (χ2n) is 8.32. The van der Waals surface area contributed by atoms with E-state index in [1.807, 2.05) is 12.1 Å². The van der Waals surface area contributed by atoms with Crippen molar-refractivity contribution in [3.8, 4) is 11.4 Å². The highest BCUT2D eigenvalue weighted by Gasteiger charge is 2.20. The topological polar surface area (TPSA) is 113 Å². The first-order valence-corrected chi connectivity index (χ1v) is 12.3. The lowest BCUT2D eigenvalue weighted by Gasteiger charge is -2.19. The summed E-state index contributed by atoms with van der Waals surface area (Å²) in [6.45, 7) is 2.71. The third-order valence-corrected chi connectivity index (χ3v) is 7.28. The number of anilines is 1. The van der Waals surface area contributed by atoms with Gasteiger partial charge in [-0.15, -0.1) is 5.10 Å². The molecule has 0 radical (unpaired) electrons. The number of halogens is 1. The fraction of sp³-hybridized carbons (Fsp3) is 0.409. The average Bonchev–Trinajstić information content (AvgIpc) is 3.47. The summed E-state index contributed by atoms with van der Waals surface area (Å²) in [4.78, 5) is -0.177. The number of H-pyrrole nitrogens is 1. The second kappa shape index (κ2) is 9.74. The molecular weight excluding hydrogens is 431 g/mol. The fourth-order valence-electron chi connectivity index (χ4n) is 4.22. The van der Waals surface area contributed by atoms with E-state index in [0.29, 0.717) is 18.3 Å². The van der Waals surface area contributed by atoms with Crippen LogP contribution in [0.2, 0.25) is 0 Å². The number of sulfonamides is 1. The van der Waals surface area contributed by atoms with Crippen molar-refractivity contribution in [2.45, 2.75) is 56.5 Å². The van der Waals surface area contributed by atoms with Crippen LogP contribution < -0.4 is 10.0 Å². The van der Waals surface area contributed by atoms with E-state index in [9.17, 15) is 12.8 Å². The van der Waals surface area contributed by atoms with Crippen LogP contribution in [-0.2, 0) is 16.6 Å². The highest BCUT2D eigenvalue weighted by atomic mass is 32.2. The van der Waals surface area contributed by atoms with E-state index in [1.165, 1.54) is 37.8 Å². The minimum atomic E-state index is -3.98. The van der Waals surface area contributed by atoms with Crippen molar-refractivity contribution >= 4 is 15.7 Å². The maximum atomic E-state index is 14.5. The minimum Gasteiger partial charge on any atom is -0.310 e. The van der Waals surface area contributed by atoms with Gasteiger partial charge in [0.15, 0.2) is 5.82 Å². The number of nitrogens with zero attached hydrogens (tertiary/aromatic N) is 3. The van der Waals surface area contributed by atoms with E-state index >= 15 is 0 Å². The van der Waals surface area contributed by atoms with Crippen LogP contribution in [0.4, 0.5) is 10.1 Å². The Balaban J connectivity index is 1.45. The van der Waals surface area contributed by atoms with Crippen LogP contribution in [0.25, 0.3) is 11.4 Å². The maximum Gasteiger partial charge on any atom is 0.262 e. The molecule has 8 nitrogen and oxygen atoms in total. The summed E-state index contributed by atoms with van der Waals surface area (Å²) >= 11 is 0. The summed E-state index contributed by atoms with van der Waals surface area (Å²) in [7, 11) is -3.98. The molecule has 1 aliphatic rings. The molecule has 0 amide bonds. The smallest absolute Gasteiger partial charge is 0.262 e. The molecule has 0 spiro atoms. The van der Waals surface area contributed by atoms with Crippen LogP contribution >= 0.6 is 0 Å². The van der Waals surface area contributed by atoms with Gasteiger partial charge in [-0.3, -0.25) is 4.72 Å². The summed E-state index contributed by atoms with van der Waals surface area (Å²) in [6, 6.07) is 11.2. The zero-order chi connectivity index (χ0) is 22.6. The second-order valence-corrected chi connectivity index (χ2v) is 10.0. The van der Waals surface area contributed by atoms with Crippen LogP contribution in [0, 0.1) is 11.7 Å². The summed E-state index contributed by atoms with van der Waals surface area (Å²) in [5.41, 5.74) is 1.39. The number of rotatable bonds is 9. The largest absolute Gasteiger partial charge is 0.310 e. The molecule has 1 saturated carbocycles. The molecule has 0 aliphatic heterocycles. The van der Waals surface area contributed by atoms with E-state index in [0.717, 1.165) is 24.0 Å². The molecule has 3 aromatic rings. The van der Waals surface area contributed by atoms with Gasteiger partial charge in [-0.1, -0.05) is 43.9 Å². The third kappa shape index (κ3) is 5.31. The van der Waals surface area contributed by atoms with Gasteiger partial charge in [0.1, 0.15) is 5.82 Å². The van der Waals surface area contributed by atoms with Gasteiger partial charge in [-0.2, -0.15) is 0 Å². The van der Waals surface area contributed by atoms with Gasteiger partial charge >= 0.3 is 0 Å². The van der Waals surface area contributed by atoms with E-state index < -0.39 is 15.8 Å². The number of benzene rings is 2. The zero-order valence-electron chi connectivity index (χ0n) is 17.9. The molecule has 4 rings (SSSR count). The first-order valence-electron chi connectivity index (χ1n) is 10.8. The van der Waals surface area contributed by atoms with E-state index in [-0.39, 0.29) is 16.3 Å². The summed E-state index contributed by atoms with van der Waals surface area (Å²) in [5.74, 6) is 0.168. The van der Waals surface area contributed by atoms with Gasteiger partial charge in [0.25, 0.3) is 10.0 Å². The predicted octanol–water partition coefficient (Wildman–Crippen LogP) is 3.87. The standard InChI is InChI=1S/C22H27FN6O2S/c1-15(12-16-6-2-3-7-16)24-14-17-8-4-5-9-21(17)27-32(30,31)18-10-11-19(20(23)13-18)22-25-28-29-26-22/h4-5,8-11,13,15-16,24,27H,2-3,6-7,12,14H2,1H3,(H,25,26,28,29)/t15-/m0/s1. The SMILES string of the molecule is C[C@@H](CC1CCCC1)NCc1ccccc1NS(=O)(=O)c1ccc(-c2nnn[nH]2)c(F)c1. The molecular formula is C22H27FN6O2S. The quantitative estimate of drug-likeness (QED) is 0.449. The molecule has 1 atom stereocenters. The maximum absolute atomic E-state index is 14.5. The lowest BCUT2D eigenvalue weighted by molar-refractivity contribution is 0.404. The Hall–Kier alpha value is -2.85. The molecule has 170 valence electrons. The summed E-state index contributed by atoms with van der Waals surface area (Å²) in [5, 5.41) is 16.4. The number of para-hydroxylation sites is 1. The lowest BCUT2D eigenvalue weighted by atomic mass is 9.99. The molecule has 1 aromatic heterocycles. The van der Waals surface area contributed by atoms with E-state index in [1.54, 1.807) is 12.1 Å². The van der Waals surface area contributed by atoms with Crippen LogP contribution in [0.5, 0.6) is 0 Å². The first-order chi connectivity index (χ1) is 15.4. The van der Waals surface area contributed by atoms with Gasteiger partial charge in [0, 0.05) is 12.6 Å². The average molecular weight is 459 g/mol. The van der Waals surface area contributed by atoms with Gasteiger partial charge < -0.3 is 5.32 Å². The van der Waals surface area contributed by atoms with Crippen LogP contribution in [0.3, 0.4) is 0 Å². The molecule has 0 unspecified atom stereocenters. The van der Waals surface area contributed by atoms with Gasteiger partial charge in [0.05, 0.1) is 16.1 Å². The van der Waals surface area contributed by atoms with Gasteiger partial charge in [-0.05, 0) is 59.5 Å². The monoisotopic (exact) mass is 458 g/mol. The summed E-state index contributed by atoms with van der Waals surface area (Å²) < 4.78 is 43.0. The van der Waals surface area contributed by atoms with E-state index in [2.05, 4.69) is 37.6 Å².